The number of carbonyl (C=O) groups is 2. The van der Waals surface area contributed by atoms with Gasteiger partial charge >= 0.3 is 0 Å². The molecular weight excluding hydrogens is 448 g/mol. The van der Waals surface area contributed by atoms with Crippen LogP contribution in [0.15, 0.2) is 28.6 Å². The van der Waals surface area contributed by atoms with Gasteiger partial charge in [0.1, 0.15) is 5.01 Å². The zero-order valence-corrected chi connectivity index (χ0v) is 17.9. The summed E-state index contributed by atoms with van der Waals surface area (Å²) in [4.78, 5) is 24.0. The molecule has 3 aromatic rings. The van der Waals surface area contributed by atoms with Crippen LogP contribution in [0.1, 0.15) is 10.6 Å². The van der Waals surface area contributed by atoms with Crippen LogP contribution < -0.4 is 20.1 Å². The summed E-state index contributed by atoms with van der Waals surface area (Å²) in [6.45, 7) is 2.01. The maximum absolute atomic E-state index is 12.1. The molecular formula is C17H14N6O4S3. The van der Waals surface area contributed by atoms with Crippen molar-refractivity contribution >= 4 is 62.6 Å². The first-order chi connectivity index (χ1) is 14.5. The Balaban J connectivity index is 1.25. The van der Waals surface area contributed by atoms with Crippen molar-refractivity contribution in [3.63, 3.8) is 0 Å². The SMILES string of the molecule is Cc1nnc(NC(=O)CSc2nnc(NC(=O)/C=C\c3ccc4c(c3)OCO4)s2)s1. The fraction of sp³-hybridized carbons (Fsp3) is 0.176. The number of rotatable bonds is 7. The van der Waals surface area contributed by atoms with E-state index in [0.717, 1.165) is 10.6 Å². The summed E-state index contributed by atoms with van der Waals surface area (Å²) in [6, 6.07) is 5.40. The minimum Gasteiger partial charge on any atom is -0.454 e. The smallest absolute Gasteiger partial charge is 0.250 e. The minimum absolute atomic E-state index is 0.144. The van der Waals surface area contributed by atoms with Gasteiger partial charge in [-0.25, -0.2) is 0 Å². The van der Waals surface area contributed by atoms with Gasteiger partial charge in [-0.2, -0.15) is 0 Å². The van der Waals surface area contributed by atoms with Crippen LogP contribution in [0.5, 0.6) is 11.5 Å². The molecule has 0 saturated carbocycles. The Kier molecular flexibility index (Phi) is 6.21. The molecule has 1 aliphatic heterocycles. The number of hydrogen-bond acceptors (Lipinski definition) is 11. The van der Waals surface area contributed by atoms with E-state index in [4.69, 9.17) is 9.47 Å². The number of carbonyl (C=O) groups excluding carboxylic acids is 2. The summed E-state index contributed by atoms with van der Waals surface area (Å²) < 4.78 is 11.1. The molecule has 0 spiro atoms. The number of thioether (sulfide) groups is 1. The Hall–Kier alpha value is -3.03. The van der Waals surface area contributed by atoms with Gasteiger partial charge in [0.05, 0.1) is 5.75 Å². The Morgan fingerprint density at radius 2 is 1.90 bits per heavy atom. The van der Waals surface area contributed by atoms with Crippen LogP contribution in [-0.2, 0) is 9.59 Å². The fourth-order valence-corrected chi connectivity index (χ4v) is 4.45. The average Bonchev–Trinajstić information content (AvgIpc) is 3.46. The highest BCUT2D eigenvalue weighted by Crippen LogP contribution is 2.32. The first kappa shape index (κ1) is 20.3. The first-order valence-electron chi connectivity index (χ1n) is 8.50. The molecule has 13 heteroatoms. The molecule has 0 bridgehead atoms. The van der Waals surface area contributed by atoms with Gasteiger partial charge in [0.25, 0.3) is 0 Å². The number of ether oxygens (including phenoxy) is 2. The Bertz CT molecular complexity index is 1110. The molecule has 0 atom stereocenters. The second-order valence-electron chi connectivity index (χ2n) is 5.77. The number of nitrogens with zero attached hydrogens (tertiary/aromatic N) is 4. The summed E-state index contributed by atoms with van der Waals surface area (Å²) in [7, 11) is 0. The molecule has 1 aromatic carbocycles. The Morgan fingerprint density at radius 1 is 1.10 bits per heavy atom. The second kappa shape index (κ2) is 9.19. The molecule has 2 N–H and O–H groups in total. The van der Waals surface area contributed by atoms with E-state index < -0.39 is 0 Å². The van der Waals surface area contributed by atoms with Crippen molar-refractivity contribution in [3.05, 3.63) is 34.8 Å². The standard InChI is InChI=1S/C17H14N6O4S3/c1-9-20-21-15(29-9)19-14(25)7-28-17-23-22-16(30-17)18-13(24)5-3-10-2-4-11-12(6-10)27-8-26-11/h2-6H,7-8H2,1H3,(H,18,22,24)(H,19,21,25)/b5-3-. The fourth-order valence-electron chi connectivity index (χ4n) is 2.28. The van der Waals surface area contributed by atoms with Gasteiger partial charge < -0.3 is 9.47 Å². The van der Waals surface area contributed by atoms with Gasteiger partial charge in [-0.3, -0.25) is 20.2 Å². The van der Waals surface area contributed by atoms with Crippen molar-refractivity contribution < 1.29 is 19.1 Å². The summed E-state index contributed by atoms with van der Waals surface area (Å²) >= 11 is 3.70. The zero-order chi connectivity index (χ0) is 20.9. The first-order valence-corrected chi connectivity index (χ1v) is 11.1. The molecule has 2 amide bonds. The minimum atomic E-state index is -0.343. The zero-order valence-electron chi connectivity index (χ0n) is 15.4. The monoisotopic (exact) mass is 462 g/mol. The van der Waals surface area contributed by atoms with E-state index in [1.54, 1.807) is 18.2 Å². The lowest BCUT2D eigenvalue weighted by Gasteiger charge is -1.98. The predicted molar refractivity (Wildman–Crippen MR) is 114 cm³/mol. The van der Waals surface area contributed by atoms with Crippen molar-refractivity contribution in [3.8, 4) is 11.5 Å². The largest absolute Gasteiger partial charge is 0.454 e. The molecule has 0 unspecified atom stereocenters. The van der Waals surface area contributed by atoms with E-state index in [9.17, 15) is 9.59 Å². The molecule has 0 fully saturated rings. The van der Waals surface area contributed by atoms with Gasteiger partial charge in [-0.1, -0.05) is 40.5 Å². The molecule has 0 saturated heterocycles. The number of fused-ring (bicyclic) bond motifs is 1. The van der Waals surface area contributed by atoms with Crippen molar-refractivity contribution in [1.82, 2.24) is 20.4 Å². The second-order valence-corrected chi connectivity index (χ2v) is 9.15. The molecule has 1 aliphatic rings. The molecule has 0 aliphatic carbocycles. The molecule has 30 heavy (non-hydrogen) atoms. The number of aryl methyl sites for hydroxylation is 1. The van der Waals surface area contributed by atoms with Gasteiger partial charge in [0.15, 0.2) is 15.8 Å². The van der Waals surface area contributed by atoms with Crippen LogP contribution in [0, 0.1) is 6.92 Å². The van der Waals surface area contributed by atoms with Gasteiger partial charge in [-0.05, 0) is 30.7 Å². The van der Waals surface area contributed by atoms with Crippen molar-refractivity contribution in [1.29, 1.82) is 0 Å². The van der Waals surface area contributed by atoms with E-state index in [1.807, 2.05) is 13.0 Å². The van der Waals surface area contributed by atoms with E-state index in [2.05, 4.69) is 31.0 Å². The molecule has 154 valence electrons. The van der Waals surface area contributed by atoms with Crippen LogP contribution in [0.2, 0.25) is 0 Å². The Labute approximate surface area is 182 Å². The highest BCUT2D eigenvalue weighted by atomic mass is 32.2. The van der Waals surface area contributed by atoms with Gasteiger partial charge in [-0.15, -0.1) is 20.4 Å². The van der Waals surface area contributed by atoms with Crippen molar-refractivity contribution in [2.75, 3.05) is 23.2 Å². The third-order valence-corrected chi connectivity index (χ3v) is 6.29. The number of hydrogen-bond donors (Lipinski definition) is 2. The van der Waals surface area contributed by atoms with E-state index in [1.165, 1.54) is 40.5 Å². The lowest BCUT2D eigenvalue weighted by atomic mass is 10.2. The molecule has 3 heterocycles. The lowest BCUT2D eigenvalue weighted by Crippen LogP contribution is -2.13. The van der Waals surface area contributed by atoms with Crippen LogP contribution in [-0.4, -0.2) is 44.8 Å². The number of anilines is 2. The van der Waals surface area contributed by atoms with Gasteiger partial charge in [0.2, 0.25) is 28.9 Å². The van der Waals surface area contributed by atoms with Crippen molar-refractivity contribution in [2.45, 2.75) is 11.3 Å². The van der Waals surface area contributed by atoms with Crippen LogP contribution in [0.4, 0.5) is 10.3 Å². The van der Waals surface area contributed by atoms with E-state index >= 15 is 0 Å². The topological polar surface area (TPSA) is 128 Å². The lowest BCUT2D eigenvalue weighted by molar-refractivity contribution is -0.114. The van der Waals surface area contributed by atoms with Crippen LogP contribution in [0.25, 0.3) is 6.08 Å². The van der Waals surface area contributed by atoms with Crippen LogP contribution in [0.3, 0.4) is 0 Å². The summed E-state index contributed by atoms with van der Waals surface area (Å²) in [5, 5.41) is 22.4. The third-order valence-electron chi connectivity index (χ3n) is 3.56. The maximum atomic E-state index is 12.1. The normalized spacial score (nSPS) is 12.3. The quantitative estimate of drug-likeness (QED) is 0.309. The summed E-state index contributed by atoms with van der Waals surface area (Å²) in [5.74, 6) is 0.912. The number of aromatic nitrogens is 4. The van der Waals surface area contributed by atoms with Crippen molar-refractivity contribution in [2.24, 2.45) is 0 Å². The average molecular weight is 463 g/mol. The third kappa shape index (κ3) is 5.31. The van der Waals surface area contributed by atoms with Crippen LogP contribution >= 0.6 is 34.4 Å². The number of amides is 2. The number of benzene rings is 1. The summed E-state index contributed by atoms with van der Waals surface area (Å²) in [6.07, 6.45) is 3.05. The maximum Gasteiger partial charge on any atom is 0.250 e. The highest BCUT2D eigenvalue weighted by molar-refractivity contribution is 8.01. The Morgan fingerprint density at radius 3 is 2.73 bits per heavy atom. The predicted octanol–water partition coefficient (Wildman–Crippen LogP) is 2.81. The van der Waals surface area contributed by atoms with Gasteiger partial charge in [0, 0.05) is 6.08 Å². The molecule has 10 nitrogen and oxygen atoms in total. The van der Waals surface area contributed by atoms with E-state index in [-0.39, 0.29) is 24.4 Å². The summed E-state index contributed by atoms with van der Waals surface area (Å²) in [5.41, 5.74) is 0.805. The highest BCUT2D eigenvalue weighted by Gasteiger charge is 2.13. The molecule has 0 radical (unpaired) electrons. The number of nitrogens with one attached hydrogen (secondary N) is 2. The molecule has 2 aromatic heterocycles. The van der Waals surface area contributed by atoms with E-state index in [0.29, 0.717) is 26.1 Å². The molecule has 4 rings (SSSR count).